The number of carbonyl (C=O) groups excluding carboxylic acids is 2. The molecule has 3 aromatic rings. The van der Waals surface area contributed by atoms with Gasteiger partial charge in [-0.25, -0.2) is 0 Å². The first-order valence-corrected chi connectivity index (χ1v) is 15.7. The Labute approximate surface area is 265 Å². The summed E-state index contributed by atoms with van der Waals surface area (Å²) in [5.74, 6) is -0.718. The second kappa shape index (κ2) is 12.5. The fraction of sp³-hybridized carbons (Fsp3) is 0.400. The SMILES string of the molecule is N#Cc1cccc(CN2CCC3(CC2)CCN(C(=O)c2ccc4c(c2)C(NC(=O)c2cc(C(F)(F)F)ccc2Cl)CC4)CC3)c1. The first kappa shape index (κ1) is 31.1. The van der Waals surface area contributed by atoms with E-state index in [1.54, 1.807) is 0 Å². The number of rotatable bonds is 5. The maximum absolute atomic E-state index is 13.6. The zero-order valence-electron chi connectivity index (χ0n) is 24.8. The Morgan fingerprint density at radius 1 is 0.978 bits per heavy atom. The van der Waals surface area contributed by atoms with Crippen molar-refractivity contribution in [2.75, 3.05) is 26.2 Å². The quantitative estimate of drug-likeness (QED) is 0.323. The summed E-state index contributed by atoms with van der Waals surface area (Å²) in [6.45, 7) is 4.20. The Kier molecular flexibility index (Phi) is 8.64. The highest BCUT2D eigenvalue weighted by atomic mass is 35.5. The average molecular weight is 635 g/mol. The number of nitriles is 1. The third-order valence-electron chi connectivity index (χ3n) is 9.80. The summed E-state index contributed by atoms with van der Waals surface area (Å²) in [6, 6.07) is 17.8. The highest BCUT2D eigenvalue weighted by molar-refractivity contribution is 6.33. The monoisotopic (exact) mass is 634 g/mol. The minimum absolute atomic E-state index is 0.0413. The lowest BCUT2D eigenvalue weighted by atomic mass is 9.71. The molecule has 2 saturated heterocycles. The zero-order chi connectivity index (χ0) is 31.8. The number of benzene rings is 3. The van der Waals surface area contributed by atoms with Crippen molar-refractivity contribution in [2.45, 2.75) is 57.3 Å². The molecule has 1 unspecified atom stereocenters. The van der Waals surface area contributed by atoms with Crippen molar-refractivity contribution in [1.82, 2.24) is 15.1 Å². The number of halogens is 4. The summed E-state index contributed by atoms with van der Waals surface area (Å²) in [6.07, 6.45) is 0.773. The predicted molar refractivity (Wildman–Crippen MR) is 165 cm³/mol. The molecule has 1 N–H and O–H groups in total. The van der Waals surface area contributed by atoms with Crippen molar-refractivity contribution >= 4 is 23.4 Å². The zero-order valence-corrected chi connectivity index (χ0v) is 25.6. The third-order valence-corrected chi connectivity index (χ3v) is 10.1. The number of hydrogen-bond donors (Lipinski definition) is 1. The van der Waals surface area contributed by atoms with Gasteiger partial charge in [0.25, 0.3) is 11.8 Å². The van der Waals surface area contributed by atoms with Crippen molar-refractivity contribution < 1.29 is 22.8 Å². The van der Waals surface area contributed by atoms with Gasteiger partial charge in [0, 0.05) is 25.2 Å². The van der Waals surface area contributed by atoms with Crippen molar-refractivity contribution in [3.05, 3.63) is 105 Å². The van der Waals surface area contributed by atoms with E-state index in [1.165, 1.54) is 0 Å². The van der Waals surface area contributed by atoms with Crippen LogP contribution in [0.25, 0.3) is 0 Å². The molecule has 45 heavy (non-hydrogen) atoms. The van der Waals surface area contributed by atoms with E-state index in [0.717, 1.165) is 80.2 Å². The van der Waals surface area contributed by atoms with E-state index < -0.39 is 23.7 Å². The first-order valence-electron chi connectivity index (χ1n) is 15.3. The summed E-state index contributed by atoms with van der Waals surface area (Å²) in [5, 5.41) is 12.0. The molecule has 1 spiro atoms. The first-order chi connectivity index (χ1) is 21.5. The number of nitrogens with zero attached hydrogens (tertiary/aromatic N) is 3. The number of piperidine rings is 2. The normalized spacial score (nSPS) is 19.6. The molecule has 10 heteroatoms. The van der Waals surface area contributed by atoms with Crippen LogP contribution in [0.2, 0.25) is 5.02 Å². The van der Waals surface area contributed by atoms with E-state index in [2.05, 4.69) is 22.4 Å². The number of carbonyl (C=O) groups is 2. The van der Waals surface area contributed by atoms with Crippen LogP contribution in [0.15, 0.2) is 60.7 Å². The van der Waals surface area contributed by atoms with Crippen LogP contribution in [-0.4, -0.2) is 47.8 Å². The van der Waals surface area contributed by atoms with E-state index in [9.17, 15) is 28.0 Å². The molecule has 6 rings (SSSR count). The lowest BCUT2D eigenvalue weighted by Gasteiger charge is -2.47. The number of aryl methyl sites for hydroxylation is 1. The van der Waals surface area contributed by atoms with Gasteiger partial charge in [-0.15, -0.1) is 0 Å². The van der Waals surface area contributed by atoms with Gasteiger partial charge >= 0.3 is 6.18 Å². The Hall–Kier alpha value is -3.87. The molecule has 0 radical (unpaired) electrons. The topological polar surface area (TPSA) is 76.4 Å². The summed E-state index contributed by atoms with van der Waals surface area (Å²) in [4.78, 5) is 31.0. The number of hydrogen-bond acceptors (Lipinski definition) is 4. The van der Waals surface area contributed by atoms with E-state index in [0.29, 0.717) is 37.1 Å². The summed E-state index contributed by atoms with van der Waals surface area (Å²) >= 11 is 6.09. The number of likely N-dealkylation sites (tertiary alicyclic amines) is 2. The second-order valence-corrected chi connectivity index (χ2v) is 13.0. The molecule has 3 aliphatic rings. The molecule has 2 fully saturated rings. The maximum Gasteiger partial charge on any atom is 0.416 e. The Bertz CT molecular complexity index is 1650. The van der Waals surface area contributed by atoms with Gasteiger partial charge in [0.05, 0.1) is 33.8 Å². The van der Waals surface area contributed by atoms with E-state index >= 15 is 0 Å². The van der Waals surface area contributed by atoms with Gasteiger partial charge in [-0.05, 0) is 116 Å². The summed E-state index contributed by atoms with van der Waals surface area (Å²) < 4.78 is 39.7. The van der Waals surface area contributed by atoms with Crippen molar-refractivity contribution in [2.24, 2.45) is 5.41 Å². The van der Waals surface area contributed by atoms with Crippen LogP contribution >= 0.6 is 11.6 Å². The fourth-order valence-electron chi connectivity index (χ4n) is 7.05. The highest BCUT2D eigenvalue weighted by Crippen LogP contribution is 2.42. The van der Waals surface area contributed by atoms with Crippen LogP contribution in [0.1, 0.15) is 86.7 Å². The van der Waals surface area contributed by atoms with Gasteiger partial charge in [-0.3, -0.25) is 14.5 Å². The summed E-state index contributed by atoms with van der Waals surface area (Å²) in [5.41, 5.74) is 3.29. The molecule has 1 atom stereocenters. The Morgan fingerprint density at radius 3 is 2.42 bits per heavy atom. The highest BCUT2D eigenvalue weighted by Gasteiger charge is 2.39. The molecular weight excluding hydrogens is 601 g/mol. The van der Waals surface area contributed by atoms with Crippen LogP contribution in [0.4, 0.5) is 13.2 Å². The molecule has 234 valence electrons. The lowest BCUT2D eigenvalue weighted by Crippen LogP contribution is -2.48. The van der Waals surface area contributed by atoms with E-state index in [-0.39, 0.29) is 21.9 Å². The van der Waals surface area contributed by atoms with Crippen LogP contribution < -0.4 is 5.32 Å². The van der Waals surface area contributed by atoms with Gasteiger partial charge in [-0.1, -0.05) is 29.8 Å². The maximum atomic E-state index is 13.6. The Morgan fingerprint density at radius 2 is 1.71 bits per heavy atom. The molecule has 3 aromatic carbocycles. The molecule has 6 nitrogen and oxygen atoms in total. The Balaban J connectivity index is 1.06. The smallest absolute Gasteiger partial charge is 0.345 e. The van der Waals surface area contributed by atoms with Crippen molar-refractivity contribution in [3.63, 3.8) is 0 Å². The molecule has 1 aliphatic carbocycles. The average Bonchev–Trinajstić information content (AvgIpc) is 3.43. The number of nitrogens with one attached hydrogen (secondary N) is 1. The van der Waals surface area contributed by atoms with Crippen LogP contribution in [0.5, 0.6) is 0 Å². The molecule has 2 heterocycles. The molecule has 0 bridgehead atoms. The number of fused-ring (bicyclic) bond motifs is 1. The van der Waals surface area contributed by atoms with Crippen LogP contribution in [0.3, 0.4) is 0 Å². The second-order valence-electron chi connectivity index (χ2n) is 12.6. The van der Waals surface area contributed by atoms with Crippen LogP contribution in [0, 0.1) is 16.7 Å². The summed E-state index contributed by atoms with van der Waals surface area (Å²) in [7, 11) is 0. The predicted octanol–water partition coefficient (Wildman–Crippen LogP) is 7.17. The fourth-order valence-corrected chi connectivity index (χ4v) is 7.25. The van der Waals surface area contributed by atoms with Crippen molar-refractivity contribution in [1.29, 1.82) is 5.26 Å². The van der Waals surface area contributed by atoms with Gasteiger partial charge < -0.3 is 10.2 Å². The molecular formula is C35H34ClF3N4O2. The van der Waals surface area contributed by atoms with Crippen molar-refractivity contribution in [3.8, 4) is 6.07 Å². The van der Waals surface area contributed by atoms with Gasteiger partial charge in [0.15, 0.2) is 0 Å². The largest absolute Gasteiger partial charge is 0.416 e. The van der Waals surface area contributed by atoms with Gasteiger partial charge in [0.1, 0.15) is 0 Å². The third kappa shape index (κ3) is 6.73. The molecule has 2 aliphatic heterocycles. The molecule has 0 aromatic heterocycles. The standard InChI is InChI=1S/C35H34ClF3N4O2/c36-30-8-7-27(35(37,38)39)20-29(30)32(44)41-31-9-6-25-4-5-26(19-28(25)31)33(45)43-16-12-34(13-17-43)10-14-42(15-11-34)22-24-3-1-2-23(18-24)21-40/h1-5,7-8,18-20,31H,6,9-17,22H2,(H,41,44). The minimum atomic E-state index is -4.59. The lowest BCUT2D eigenvalue weighted by molar-refractivity contribution is -0.137. The van der Waals surface area contributed by atoms with Gasteiger partial charge in [0.2, 0.25) is 0 Å². The van der Waals surface area contributed by atoms with E-state index in [4.69, 9.17) is 11.6 Å². The van der Waals surface area contributed by atoms with E-state index in [1.807, 2.05) is 41.3 Å². The minimum Gasteiger partial charge on any atom is -0.345 e. The molecule has 2 amide bonds. The number of amides is 2. The van der Waals surface area contributed by atoms with Crippen LogP contribution in [-0.2, 0) is 19.1 Å². The van der Waals surface area contributed by atoms with Gasteiger partial charge in [-0.2, -0.15) is 18.4 Å². The number of alkyl halides is 3. The molecule has 0 saturated carbocycles.